The Labute approximate surface area is 104 Å². The number of hydrogen-bond acceptors (Lipinski definition) is 4. The molecular formula is C13H11N3O2. The van der Waals surface area contributed by atoms with Crippen LogP contribution in [0.5, 0.6) is 0 Å². The molecule has 0 atom stereocenters. The van der Waals surface area contributed by atoms with Gasteiger partial charge in [-0.15, -0.1) is 0 Å². The minimum absolute atomic E-state index is 0.150. The molecule has 2 rings (SSSR count). The van der Waals surface area contributed by atoms with Crippen molar-refractivity contribution in [1.82, 2.24) is 5.16 Å². The van der Waals surface area contributed by atoms with Crippen LogP contribution < -0.4 is 11.1 Å². The van der Waals surface area contributed by atoms with E-state index in [-0.39, 0.29) is 18.2 Å². The van der Waals surface area contributed by atoms with E-state index in [0.717, 1.165) is 0 Å². The topological polar surface area (TPSA) is 81.1 Å². The molecule has 1 heterocycles. The molecule has 0 aliphatic rings. The van der Waals surface area contributed by atoms with Crippen LogP contribution in [0, 0.1) is 11.8 Å². The predicted molar refractivity (Wildman–Crippen MR) is 66.8 cm³/mol. The number of anilines is 1. The lowest BCUT2D eigenvalue weighted by atomic mass is 10.2. The summed E-state index contributed by atoms with van der Waals surface area (Å²) < 4.78 is 4.77. The number of nitrogens with one attached hydrogen (secondary N) is 1. The van der Waals surface area contributed by atoms with Crippen molar-refractivity contribution in [1.29, 1.82) is 0 Å². The Morgan fingerprint density at radius 3 is 2.94 bits per heavy atom. The second-order valence-corrected chi connectivity index (χ2v) is 3.38. The van der Waals surface area contributed by atoms with E-state index in [1.165, 1.54) is 12.3 Å². The quantitative estimate of drug-likeness (QED) is 0.775. The van der Waals surface area contributed by atoms with E-state index >= 15 is 0 Å². The average molecular weight is 241 g/mol. The summed E-state index contributed by atoms with van der Waals surface area (Å²) in [5.74, 6) is 5.41. The Morgan fingerprint density at radius 1 is 1.39 bits per heavy atom. The second-order valence-electron chi connectivity index (χ2n) is 3.38. The Morgan fingerprint density at radius 2 is 2.22 bits per heavy atom. The van der Waals surface area contributed by atoms with Crippen molar-refractivity contribution < 1.29 is 9.32 Å². The number of rotatable bonds is 2. The van der Waals surface area contributed by atoms with Crippen LogP contribution in [0.2, 0.25) is 0 Å². The number of carbonyl (C=O) groups is 1. The molecule has 0 aliphatic heterocycles. The fourth-order valence-electron chi connectivity index (χ4n) is 1.36. The maximum atomic E-state index is 11.8. The molecule has 1 aromatic carbocycles. The SMILES string of the molecule is NCC#Cc1ccccc1NC(=O)c1ccno1. The zero-order chi connectivity index (χ0) is 12.8. The number of hydrogen-bond donors (Lipinski definition) is 2. The van der Waals surface area contributed by atoms with Crippen molar-refractivity contribution in [3.05, 3.63) is 47.9 Å². The molecule has 1 amide bonds. The maximum absolute atomic E-state index is 11.8. The molecule has 0 bridgehead atoms. The number of nitrogens with two attached hydrogens (primary N) is 1. The third-order valence-corrected chi connectivity index (χ3v) is 2.16. The van der Waals surface area contributed by atoms with E-state index in [4.69, 9.17) is 10.3 Å². The zero-order valence-electron chi connectivity index (χ0n) is 9.51. The molecule has 18 heavy (non-hydrogen) atoms. The van der Waals surface area contributed by atoms with Gasteiger partial charge < -0.3 is 15.6 Å². The van der Waals surface area contributed by atoms with Crippen molar-refractivity contribution in [3.8, 4) is 11.8 Å². The first-order valence-corrected chi connectivity index (χ1v) is 5.31. The molecule has 1 aromatic heterocycles. The highest BCUT2D eigenvalue weighted by Gasteiger charge is 2.11. The first-order valence-electron chi connectivity index (χ1n) is 5.31. The van der Waals surface area contributed by atoms with Gasteiger partial charge in [-0.1, -0.05) is 29.1 Å². The van der Waals surface area contributed by atoms with Crippen molar-refractivity contribution >= 4 is 11.6 Å². The molecule has 0 radical (unpaired) electrons. The van der Waals surface area contributed by atoms with E-state index in [2.05, 4.69) is 22.3 Å². The molecule has 0 saturated heterocycles. The summed E-state index contributed by atoms with van der Waals surface area (Å²) in [4.78, 5) is 11.8. The molecule has 0 spiro atoms. The van der Waals surface area contributed by atoms with E-state index < -0.39 is 0 Å². The third kappa shape index (κ3) is 2.75. The van der Waals surface area contributed by atoms with Crippen LogP contribution in [0.1, 0.15) is 16.1 Å². The van der Waals surface area contributed by atoms with Gasteiger partial charge in [-0.2, -0.15) is 0 Å². The van der Waals surface area contributed by atoms with Gasteiger partial charge in [0.25, 0.3) is 5.91 Å². The average Bonchev–Trinajstić information content (AvgIpc) is 2.91. The van der Waals surface area contributed by atoms with Gasteiger partial charge in [-0.3, -0.25) is 4.79 Å². The Kier molecular flexibility index (Phi) is 3.74. The van der Waals surface area contributed by atoms with E-state index in [1.54, 1.807) is 12.1 Å². The lowest BCUT2D eigenvalue weighted by Gasteiger charge is -2.04. The van der Waals surface area contributed by atoms with E-state index in [1.807, 2.05) is 12.1 Å². The lowest BCUT2D eigenvalue weighted by molar-refractivity contribution is 0.0988. The molecule has 5 heteroatoms. The fraction of sp³-hybridized carbons (Fsp3) is 0.0769. The van der Waals surface area contributed by atoms with Gasteiger partial charge in [-0.05, 0) is 12.1 Å². The molecule has 0 aliphatic carbocycles. The van der Waals surface area contributed by atoms with Gasteiger partial charge in [0.15, 0.2) is 0 Å². The highest BCUT2D eigenvalue weighted by molar-refractivity contribution is 6.02. The number of para-hydroxylation sites is 1. The second kappa shape index (κ2) is 5.66. The molecule has 5 nitrogen and oxygen atoms in total. The summed E-state index contributed by atoms with van der Waals surface area (Å²) in [5.41, 5.74) is 6.64. The monoisotopic (exact) mass is 241 g/mol. The fourth-order valence-corrected chi connectivity index (χ4v) is 1.36. The number of amides is 1. The summed E-state index contributed by atoms with van der Waals surface area (Å²) >= 11 is 0. The third-order valence-electron chi connectivity index (χ3n) is 2.16. The molecule has 0 fully saturated rings. The highest BCUT2D eigenvalue weighted by atomic mass is 16.5. The minimum atomic E-state index is -0.366. The maximum Gasteiger partial charge on any atom is 0.294 e. The normalized spacial score (nSPS) is 9.39. The van der Waals surface area contributed by atoms with Gasteiger partial charge in [0.2, 0.25) is 5.76 Å². The Balaban J connectivity index is 2.21. The Hall–Kier alpha value is -2.58. The molecule has 0 unspecified atom stereocenters. The summed E-state index contributed by atoms with van der Waals surface area (Å²) in [6.45, 7) is 0.268. The van der Waals surface area contributed by atoms with Crippen molar-refractivity contribution in [3.63, 3.8) is 0 Å². The van der Waals surface area contributed by atoms with Gasteiger partial charge in [0.05, 0.1) is 18.4 Å². The lowest BCUT2D eigenvalue weighted by Crippen LogP contribution is -2.11. The molecule has 90 valence electrons. The molecule has 2 aromatic rings. The summed E-state index contributed by atoms with van der Waals surface area (Å²) in [5, 5.41) is 6.18. The number of carbonyl (C=O) groups excluding carboxylic acids is 1. The minimum Gasteiger partial charge on any atom is -0.351 e. The molecule has 3 N–H and O–H groups in total. The Bertz CT molecular complexity index is 594. The largest absolute Gasteiger partial charge is 0.351 e. The van der Waals surface area contributed by atoms with Gasteiger partial charge in [-0.25, -0.2) is 0 Å². The van der Waals surface area contributed by atoms with Crippen LogP contribution >= 0.6 is 0 Å². The number of nitrogens with zero attached hydrogens (tertiary/aromatic N) is 1. The van der Waals surface area contributed by atoms with Crippen molar-refractivity contribution in [2.24, 2.45) is 5.73 Å². The van der Waals surface area contributed by atoms with Crippen LogP contribution in [-0.4, -0.2) is 17.6 Å². The van der Waals surface area contributed by atoms with E-state index in [0.29, 0.717) is 11.3 Å². The van der Waals surface area contributed by atoms with Crippen LogP contribution in [0.25, 0.3) is 0 Å². The first kappa shape index (κ1) is 11.9. The number of benzene rings is 1. The molecular weight excluding hydrogens is 230 g/mol. The summed E-state index contributed by atoms with van der Waals surface area (Å²) in [6.07, 6.45) is 1.41. The van der Waals surface area contributed by atoms with E-state index in [9.17, 15) is 4.79 Å². The van der Waals surface area contributed by atoms with Crippen LogP contribution in [0.3, 0.4) is 0 Å². The highest BCUT2D eigenvalue weighted by Crippen LogP contribution is 2.14. The standard InChI is InChI=1S/C13H11N3O2/c14-8-3-5-10-4-1-2-6-11(10)16-13(17)12-7-9-15-18-12/h1-2,4,6-7,9H,8,14H2,(H,16,17). The molecule has 0 saturated carbocycles. The van der Waals surface area contributed by atoms with Gasteiger partial charge >= 0.3 is 0 Å². The zero-order valence-corrected chi connectivity index (χ0v) is 9.51. The predicted octanol–water partition coefficient (Wildman–Crippen LogP) is 1.24. The van der Waals surface area contributed by atoms with Crippen LogP contribution in [0.15, 0.2) is 41.1 Å². The summed E-state index contributed by atoms with van der Waals surface area (Å²) in [6, 6.07) is 8.70. The van der Waals surface area contributed by atoms with Gasteiger partial charge in [0.1, 0.15) is 0 Å². The van der Waals surface area contributed by atoms with Crippen molar-refractivity contribution in [2.75, 3.05) is 11.9 Å². The van der Waals surface area contributed by atoms with Crippen LogP contribution in [-0.2, 0) is 0 Å². The smallest absolute Gasteiger partial charge is 0.294 e. The number of aromatic nitrogens is 1. The first-order chi connectivity index (χ1) is 8.81. The van der Waals surface area contributed by atoms with Crippen LogP contribution in [0.4, 0.5) is 5.69 Å². The van der Waals surface area contributed by atoms with Crippen molar-refractivity contribution in [2.45, 2.75) is 0 Å². The summed E-state index contributed by atoms with van der Waals surface area (Å²) in [7, 11) is 0. The van der Waals surface area contributed by atoms with Gasteiger partial charge in [0, 0.05) is 11.6 Å².